The van der Waals surface area contributed by atoms with Gasteiger partial charge in [0, 0.05) is 25.6 Å². The normalized spacial score (nSPS) is 9.03. The van der Waals surface area contributed by atoms with Crippen molar-refractivity contribution in [3.05, 3.63) is 0 Å². The molecule has 0 aliphatic carbocycles. The number of hydrogen-bond acceptors (Lipinski definition) is 8. The molecule has 8 nitrogen and oxygen atoms in total. The van der Waals surface area contributed by atoms with Crippen LogP contribution in [0.2, 0.25) is 0 Å². The van der Waals surface area contributed by atoms with Gasteiger partial charge in [-0.15, -0.1) is 0 Å². The third-order valence-corrected chi connectivity index (χ3v) is 4.37. The quantitative estimate of drug-likeness (QED) is 0.0843. The number of aliphatic hydroxyl groups is 3. The van der Waals surface area contributed by atoms with E-state index in [0.29, 0.717) is 19.6 Å². The van der Waals surface area contributed by atoms with E-state index in [1.807, 2.05) is 0 Å². The van der Waals surface area contributed by atoms with Crippen LogP contribution < -0.4 is 73.7 Å². The van der Waals surface area contributed by atoms with Gasteiger partial charge in [0.25, 0.3) is 0 Å². The van der Waals surface area contributed by atoms with Gasteiger partial charge in [0.05, 0.1) is 19.8 Å². The second kappa shape index (κ2) is 55.1. The molecular weight excluding hydrogens is 504 g/mol. The molecule has 0 saturated carbocycles. The fourth-order valence-corrected chi connectivity index (χ4v) is 2.64. The molecule has 0 heterocycles. The van der Waals surface area contributed by atoms with E-state index < -0.39 is 5.97 Å². The summed E-state index contributed by atoms with van der Waals surface area (Å²) in [7, 11) is 0. The van der Waals surface area contributed by atoms with Gasteiger partial charge < -0.3 is 42.4 Å². The van der Waals surface area contributed by atoms with E-state index in [1.54, 1.807) is 0 Å². The predicted octanol–water partition coefficient (Wildman–Crippen LogP) is -1.19. The molecule has 0 aromatic carbocycles. The van der Waals surface area contributed by atoms with Gasteiger partial charge in [-0.3, -0.25) is 0 Å². The molecule has 1 radical (unpaired) electrons. The number of hydrogen-bond donors (Lipinski definition) is 6. The summed E-state index contributed by atoms with van der Waals surface area (Å²) in [6.45, 7) is 3.68. The van der Waals surface area contributed by atoms with Gasteiger partial charge >= 0.3 is 68.5 Å². The van der Waals surface area contributed by atoms with Crippen LogP contribution in [0.15, 0.2) is 0 Å². The Morgan fingerprint density at radius 3 is 0.971 bits per heavy atom. The molecular formula is C24H56KMnN3O5+2. The van der Waals surface area contributed by atoms with E-state index in [9.17, 15) is 9.90 Å². The first-order valence-electron chi connectivity index (χ1n) is 12.6. The first kappa shape index (κ1) is 48.5. The first-order valence-corrected chi connectivity index (χ1v) is 12.6. The molecule has 0 amide bonds. The van der Waals surface area contributed by atoms with Crippen LogP contribution in [-0.4, -0.2) is 60.7 Å². The second-order valence-corrected chi connectivity index (χ2v) is 7.61. The number of carbonyl (C=O) groups excluding carboxylic acids is 1. The summed E-state index contributed by atoms with van der Waals surface area (Å²) in [5.74, 6) is -0.903. The Balaban J connectivity index is -0.000000116. The minimum absolute atomic E-state index is 0. The van der Waals surface area contributed by atoms with E-state index in [0.717, 1.165) is 12.8 Å². The van der Waals surface area contributed by atoms with Gasteiger partial charge in [-0.05, 0) is 12.8 Å². The summed E-state index contributed by atoms with van der Waals surface area (Å²) in [6, 6.07) is 0. The topological polar surface area (TPSA) is 179 Å². The molecule has 0 atom stereocenters. The molecule has 0 bridgehead atoms. The Morgan fingerprint density at radius 1 is 0.588 bits per heavy atom. The number of carbonyl (C=O) groups is 1. The average molecular weight is 561 g/mol. The molecule has 0 saturated heterocycles. The number of carboxylic acids is 1. The van der Waals surface area contributed by atoms with Crippen molar-refractivity contribution in [2.75, 3.05) is 39.5 Å². The van der Waals surface area contributed by atoms with E-state index in [4.69, 9.17) is 32.5 Å². The Bertz CT molecular complexity index is 296. The van der Waals surface area contributed by atoms with Gasteiger partial charge in [-0.2, -0.15) is 0 Å². The minimum Gasteiger partial charge on any atom is -0.550 e. The van der Waals surface area contributed by atoms with Crippen molar-refractivity contribution in [2.45, 2.75) is 110 Å². The summed E-state index contributed by atoms with van der Waals surface area (Å²) in [5, 5.41) is 33.5. The summed E-state index contributed by atoms with van der Waals surface area (Å²) in [6.07, 6.45) is 19.9. The van der Waals surface area contributed by atoms with E-state index in [1.165, 1.54) is 83.5 Å². The van der Waals surface area contributed by atoms with Gasteiger partial charge in [-0.25, -0.2) is 0 Å². The van der Waals surface area contributed by atoms with Crippen molar-refractivity contribution in [3.63, 3.8) is 0 Å². The van der Waals surface area contributed by atoms with Crippen molar-refractivity contribution in [1.29, 1.82) is 0 Å². The van der Waals surface area contributed by atoms with Crippen LogP contribution in [0.3, 0.4) is 0 Å². The molecule has 0 aromatic heterocycles. The summed E-state index contributed by atoms with van der Waals surface area (Å²) in [4.78, 5) is 10.2. The maximum absolute atomic E-state index is 10.2. The van der Waals surface area contributed by atoms with Crippen LogP contribution in [0.5, 0.6) is 0 Å². The zero-order valence-corrected chi connectivity index (χ0v) is 26.6. The first-order chi connectivity index (χ1) is 15.5. The van der Waals surface area contributed by atoms with Crippen molar-refractivity contribution in [1.82, 2.24) is 0 Å². The number of aliphatic hydroxyl groups excluding tert-OH is 3. The Kier molecular flexibility index (Phi) is 78.5. The van der Waals surface area contributed by atoms with Crippen molar-refractivity contribution in [2.24, 2.45) is 17.2 Å². The van der Waals surface area contributed by atoms with Crippen molar-refractivity contribution in [3.8, 4) is 0 Å². The Morgan fingerprint density at radius 2 is 0.794 bits per heavy atom. The average Bonchev–Trinajstić information content (AvgIpc) is 2.81. The molecule has 9 N–H and O–H groups in total. The molecule has 34 heavy (non-hydrogen) atoms. The van der Waals surface area contributed by atoms with E-state index >= 15 is 0 Å². The number of carboxylic acid groups (broad SMARTS) is 1. The molecule has 0 fully saturated rings. The summed E-state index contributed by atoms with van der Waals surface area (Å²) in [5.41, 5.74) is 14.3. The molecule has 0 rings (SSSR count). The van der Waals surface area contributed by atoms with Gasteiger partial charge in [0.2, 0.25) is 0 Å². The Labute approximate surface area is 263 Å². The maximum atomic E-state index is 10.2. The van der Waals surface area contributed by atoms with Crippen LogP contribution in [0, 0.1) is 0 Å². The molecule has 0 unspecified atom stereocenters. The standard InChI is InChI=1S/C18H36O2.3C2H7NO.K.Mn/c1-2-3-4-5-6-7-8-9-10-11-12-13-14-15-16-17-18(19)20;3*3-1-2-4;;/h2-17H2,1H3,(H,19,20);3*4H,1-3H2;;/q;;;;+1;+2/p-1. The van der Waals surface area contributed by atoms with Crippen molar-refractivity contribution >= 4 is 5.97 Å². The van der Waals surface area contributed by atoms with Crippen LogP contribution >= 0.6 is 0 Å². The van der Waals surface area contributed by atoms with Crippen LogP contribution in [0.4, 0.5) is 0 Å². The number of aliphatic carboxylic acids is 1. The molecule has 0 aliphatic heterocycles. The SMILES string of the molecule is CCCCCCCCCCCCCCCCCC(=O)[O-].NCCO.NCCO.NCCO.[K+].[Mn+2]. The van der Waals surface area contributed by atoms with Gasteiger partial charge in [0.1, 0.15) is 0 Å². The number of rotatable bonds is 19. The molecule has 0 spiro atoms. The minimum atomic E-state index is -0.903. The Hall–Kier alpha value is 1.39. The maximum Gasteiger partial charge on any atom is 2.00 e. The molecule has 0 aliphatic rings. The van der Waals surface area contributed by atoms with E-state index in [2.05, 4.69) is 6.92 Å². The molecule has 0 aromatic rings. The predicted molar refractivity (Wildman–Crippen MR) is 133 cm³/mol. The van der Waals surface area contributed by atoms with Crippen LogP contribution in [0.1, 0.15) is 110 Å². The fourth-order valence-electron chi connectivity index (χ4n) is 2.64. The smallest absolute Gasteiger partial charge is 0.550 e. The largest absolute Gasteiger partial charge is 2.00 e. The zero-order valence-electron chi connectivity index (χ0n) is 22.3. The van der Waals surface area contributed by atoms with Crippen LogP contribution in [0.25, 0.3) is 0 Å². The fraction of sp³-hybridized carbons (Fsp3) is 0.958. The monoisotopic (exact) mass is 560 g/mol. The van der Waals surface area contributed by atoms with Crippen molar-refractivity contribution < 1.29 is 93.7 Å². The molecule has 10 heteroatoms. The second-order valence-electron chi connectivity index (χ2n) is 7.61. The number of unbranched alkanes of at least 4 members (excludes halogenated alkanes) is 14. The van der Waals surface area contributed by atoms with E-state index in [-0.39, 0.29) is 94.7 Å². The molecule has 203 valence electrons. The number of nitrogens with two attached hydrogens (primary N) is 3. The van der Waals surface area contributed by atoms with Gasteiger partial charge in [-0.1, -0.05) is 96.8 Å². The third kappa shape index (κ3) is 76.6. The zero-order chi connectivity index (χ0) is 25.1. The van der Waals surface area contributed by atoms with Crippen LogP contribution in [-0.2, 0) is 21.9 Å². The summed E-state index contributed by atoms with van der Waals surface area (Å²) >= 11 is 0. The third-order valence-electron chi connectivity index (χ3n) is 4.37. The van der Waals surface area contributed by atoms with Gasteiger partial charge in [0.15, 0.2) is 0 Å². The summed E-state index contributed by atoms with van der Waals surface area (Å²) < 4.78 is 0.